The molecule has 2 heterocycles. The highest BCUT2D eigenvalue weighted by molar-refractivity contribution is 5.96. The maximum absolute atomic E-state index is 13.3. The van der Waals surface area contributed by atoms with Gasteiger partial charge in [-0.2, -0.15) is 5.10 Å². The average molecular weight is 399 g/mol. The van der Waals surface area contributed by atoms with Gasteiger partial charge in [0, 0.05) is 17.1 Å². The Morgan fingerprint density at radius 2 is 1.77 bits per heavy atom. The number of aryl methyl sites for hydroxylation is 2. The molecule has 1 unspecified atom stereocenters. The Morgan fingerprint density at radius 3 is 2.47 bits per heavy atom. The minimum Gasteiger partial charge on any atom is -0.343 e. The van der Waals surface area contributed by atoms with Crippen molar-refractivity contribution in [2.24, 2.45) is 0 Å². The Balaban J connectivity index is 1.65. The van der Waals surface area contributed by atoms with Crippen molar-refractivity contribution in [2.45, 2.75) is 33.4 Å². The summed E-state index contributed by atoms with van der Waals surface area (Å²) in [6.07, 6.45) is 3.16. The number of carbonyl (C=O) groups is 1. The van der Waals surface area contributed by atoms with Gasteiger partial charge in [-0.3, -0.25) is 9.48 Å². The predicted molar refractivity (Wildman–Crippen MR) is 117 cm³/mol. The summed E-state index contributed by atoms with van der Waals surface area (Å²) in [5.74, 6) is -0.100. The molecule has 4 aromatic rings. The van der Waals surface area contributed by atoms with E-state index in [1.807, 2.05) is 62.4 Å². The lowest BCUT2D eigenvalue weighted by Gasteiger charge is -2.19. The summed E-state index contributed by atoms with van der Waals surface area (Å²) >= 11 is 0. The zero-order valence-electron chi connectivity index (χ0n) is 17.4. The molecule has 0 bridgehead atoms. The fraction of sp³-hybridized carbons (Fsp3) is 0.208. The SMILES string of the molecule is Cc1ccccc1-n1c(C)cc(C(=O)NC(Cn2cncn2)c2ccccc2)c1C. The van der Waals surface area contributed by atoms with Crippen LogP contribution in [0.2, 0.25) is 0 Å². The quantitative estimate of drug-likeness (QED) is 0.529. The molecule has 0 aliphatic heterocycles. The van der Waals surface area contributed by atoms with Crippen molar-refractivity contribution in [3.63, 3.8) is 0 Å². The molecule has 4 rings (SSSR count). The summed E-state index contributed by atoms with van der Waals surface area (Å²) in [4.78, 5) is 17.3. The molecule has 30 heavy (non-hydrogen) atoms. The molecule has 1 atom stereocenters. The van der Waals surface area contributed by atoms with Crippen LogP contribution in [0.1, 0.15) is 38.9 Å². The summed E-state index contributed by atoms with van der Waals surface area (Å²) in [7, 11) is 0. The summed E-state index contributed by atoms with van der Waals surface area (Å²) in [6, 6.07) is 19.9. The Morgan fingerprint density at radius 1 is 1.03 bits per heavy atom. The van der Waals surface area contributed by atoms with E-state index in [0.717, 1.165) is 22.6 Å². The van der Waals surface area contributed by atoms with E-state index in [1.165, 1.54) is 11.9 Å². The average Bonchev–Trinajstić information content (AvgIpc) is 3.36. The van der Waals surface area contributed by atoms with E-state index in [9.17, 15) is 4.79 Å². The van der Waals surface area contributed by atoms with Gasteiger partial charge in [-0.25, -0.2) is 4.98 Å². The molecule has 0 saturated carbocycles. The van der Waals surface area contributed by atoms with Crippen LogP contribution in [0.3, 0.4) is 0 Å². The monoisotopic (exact) mass is 399 g/mol. The second kappa shape index (κ2) is 8.37. The number of hydrogen-bond donors (Lipinski definition) is 1. The Kier molecular flexibility index (Phi) is 5.48. The highest BCUT2D eigenvalue weighted by atomic mass is 16.1. The first-order valence-corrected chi connectivity index (χ1v) is 9.97. The largest absolute Gasteiger partial charge is 0.343 e. The van der Waals surface area contributed by atoms with Crippen LogP contribution in [0.4, 0.5) is 0 Å². The van der Waals surface area contributed by atoms with Gasteiger partial charge in [0.05, 0.1) is 18.2 Å². The number of para-hydroxylation sites is 1. The Labute approximate surface area is 176 Å². The second-order valence-corrected chi connectivity index (χ2v) is 7.46. The van der Waals surface area contributed by atoms with Gasteiger partial charge in [-0.15, -0.1) is 0 Å². The van der Waals surface area contributed by atoms with Gasteiger partial charge >= 0.3 is 0 Å². The molecule has 0 spiro atoms. The number of amides is 1. The zero-order valence-corrected chi connectivity index (χ0v) is 17.4. The number of rotatable bonds is 6. The van der Waals surface area contributed by atoms with E-state index in [4.69, 9.17) is 0 Å². The van der Waals surface area contributed by atoms with Crippen molar-refractivity contribution in [3.8, 4) is 5.69 Å². The molecule has 1 amide bonds. The lowest BCUT2D eigenvalue weighted by molar-refractivity contribution is 0.0931. The van der Waals surface area contributed by atoms with Crippen molar-refractivity contribution >= 4 is 5.91 Å². The van der Waals surface area contributed by atoms with Gasteiger partial charge in [-0.05, 0) is 44.0 Å². The second-order valence-electron chi connectivity index (χ2n) is 7.46. The molecule has 152 valence electrons. The Hall–Kier alpha value is -3.67. The van der Waals surface area contributed by atoms with Crippen molar-refractivity contribution in [1.29, 1.82) is 0 Å². The van der Waals surface area contributed by atoms with E-state index >= 15 is 0 Å². The van der Waals surface area contributed by atoms with Gasteiger partial charge in [-0.1, -0.05) is 48.5 Å². The highest BCUT2D eigenvalue weighted by Gasteiger charge is 2.21. The van der Waals surface area contributed by atoms with Crippen LogP contribution in [0.25, 0.3) is 5.69 Å². The fourth-order valence-corrected chi connectivity index (χ4v) is 3.85. The van der Waals surface area contributed by atoms with E-state index in [1.54, 1.807) is 11.0 Å². The minimum absolute atomic E-state index is 0.100. The normalized spacial score (nSPS) is 12.0. The summed E-state index contributed by atoms with van der Waals surface area (Å²) in [5, 5.41) is 7.39. The first-order chi connectivity index (χ1) is 14.5. The molecule has 0 radical (unpaired) electrons. The highest BCUT2D eigenvalue weighted by Crippen LogP contribution is 2.24. The van der Waals surface area contributed by atoms with Crippen LogP contribution >= 0.6 is 0 Å². The standard InChI is InChI=1S/C24H25N5O/c1-17-9-7-8-12-23(17)29-18(2)13-21(19(29)3)24(30)27-22(14-28-16-25-15-26-28)20-10-5-4-6-11-20/h4-13,15-16,22H,14H2,1-3H3,(H,27,30). The third-order valence-corrected chi connectivity index (χ3v) is 5.38. The van der Waals surface area contributed by atoms with Crippen LogP contribution in [0.5, 0.6) is 0 Å². The third kappa shape index (κ3) is 3.89. The van der Waals surface area contributed by atoms with Crippen LogP contribution in [-0.2, 0) is 6.54 Å². The lowest BCUT2D eigenvalue weighted by Crippen LogP contribution is -2.32. The van der Waals surface area contributed by atoms with E-state index < -0.39 is 0 Å². The van der Waals surface area contributed by atoms with Gasteiger partial charge in [0.1, 0.15) is 12.7 Å². The van der Waals surface area contributed by atoms with E-state index in [2.05, 4.69) is 39.0 Å². The number of aromatic nitrogens is 4. The molecule has 6 heteroatoms. The number of benzene rings is 2. The molecule has 0 aliphatic rings. The van der Waals surface area contributed by atoms with Gasteiger partial charge in [0.25, 0.3) is 5.91 Å². The molecule has 0 saturated heterocycles. The molecule has 2 aromatic carbocycles. The summed E-state index contributed by atoms with van der Waals surface area (Å²) < 4.78 is 3.87. The molecule has 1 N–H and O–H groups in total. The third-order valence-electron chi connectivity index (χ3n) is 5.38. The van der Waals surface area contributed by atoms with Crippen LogP contribution in [0, 0.1) is 20.8 Å². The smallest absolute Gasteiger partial charge is 0.253 e. The number of nitrogens with one attached hydrogen (secondary N) is 1. The van der Waals surface area contributed by atoms with E-state index in [-0.39, 0.29) is 11.9 Å². The van der Waals surface area contributed by atoms with Crippen LogP contribution in [0.15, 0.2) is 73.3 Å². The van der Waals surface area contributed by atoms with Gasteiger partial charge in [0.2, 0.25) is 0 Å². The molecule has 0 aliphatic carbocycles. The molecular weight excluding hydrogens is 374 g/mol. The first-order valence-electron chi connectivity index (χ1n) is 9.97. The molecular formula is C24H25N5O. The van der Waals surface area contributed by atoms with Gasteiger partial charge in [0.15, 0.2) is 0 Å². The molecule has 2 aromatic heterocycles. The number of hydrogen-bond acceptors (Lipinski definition) is 3. The fourth-order valence-electron chi connectivity index (χ4n) is 3.85. The maximum atomic E-state index is 13.3. The molecule has 6 nitrogen and oxygen atoms in total. The van der Waals surface area contributed by atoms with Crippen molar-refractivity contribution in [2.75, 3.05) is 0 Å². The minimum atomic E-state index is -0.220. The summed E-state index contributed by atoms with van der Waals surface area (Å²) in [6.45, 7) is 6.60. The Bertz CT molecular complexity index is 1150. The molecule has 0 fully saturated rings. The van der Waals surface area contributed by atoms with Crippen LogP contribution in [-0.4, -0.2) is 25.2 Å². The number of carbonyl (C=O) groups excluding carboxylic acids is 1. The lowest BCUT2D eigenvalue weighted by atomic mass is 10.1. The number of nitrogens with zero attached hydrogens (tertiary/aromatic N) is 4. The topological polar surface area (TPSA) is 64.7 Å². The van der Waals surface area contributed by atoms with Gasteiger partial charge < -0.3 is 9.88 Å². The maximum Gasteiger partial charge on any atom is 0.253 e. The van der Waals surface area contributed by atoms with Crippen molar-refractivity contribution in [3.05, 3.63) is 101 Å². The van der Waals surface area contributed by atoms with Crippen LogP contribution < -0.4 is 5.32 Å². The predicted octanol–water partition coefficient (Wildman–Crippen LogP) is 4.17. The van der Waals surface area contributed by atoms with Crippen molar-refractivity contribution in [1.82, 2.24) is 24.6 Å². The van der Waals surface area contributed by atoms with Crippen molar-refractivity contribution < 1.29 is 4.79 Å². The summed E-state index contributed by atoms with van der Waals surface area (Å²) in [5.41, 5.74) is 5.91. The first kappa shape index (κ1) is 19.6. The van der Waals surface area contributed by atoms with E-state index in [0.29, 0.717) is 12.1 Å². The zero-order chi connectivity index (χ0) is 21.1.